The van der Waals surface area contributed by atoms with Gasteiger partial charge in [-0.05, 0) is 51.3 Å². The van der Waals surface area contributed by atoms with E-state index in [1.807, 2.05) is 13.0 Å². The molecule has 0 aliphatic carbocycles. The Morgan fingerprint density at radius 2 is 2.50 bits per heavy atom. The third-order valence-electron chi connectivity index (χ3n) is 2.93. The van der Waals surface area contributed by atoms with E-state index in [0.29, 0.717) is 6.01 Å². The van der Waals surface area contributed by atoms with E-state index >= 15 is 0 Å². The largest absolute Gasteiger partial charge is 0.463 e. The van der Waals surface area contributed by atoms with E-state index in [2.05, 4.69) is 15.3 Å². The molecule has 0 spiro atoms. The molecule has 0 aromatic carbocycles. The molecule has 1 saturated heterocycles. The van der Waals surface area contributed by atoms with Gasteiger partial charge in [-0.25, -0.2) is 9.97 Å². The van der Waals surface area contributed by atoms with Gasteiger partial charge in [0.1, 0.15) is 0 Å². The van der Waals surface area contributed by atoms with Gasteiger partial charge in [0, 0.05) is 11.9 Å². The molecule has 1 N–H and O–H groups in total. The number of rotatable bonds is 4. The van der Waals surface area contributed by atoms with Gasteiger partial charge in [-0.15, -0.1) is 0 Å². The predicted molar refractivity (Wildman–Crippen MR) is 62.5 cm³/mol. The number of aromatic nitrogens is 2. The maximum Gasteiger partial charge on any atom is 0.316 e. The van der Waals surface area contributed by atoms with Crippen LogP contribution in [0.5, 0.6) is 6.01 Å². The van der Waals surface area contributed by atoms with Gasteiger partial charge in [-0.3, -0.25) is 0 Å². The van der Waals surface area contributed by atoms with Crippen molar-refractivity contribution in [1.82, 2.24) is 15.3 Å². The molecule has 2 rings (SSSR count). The second-order valence-corrected chi connectivity index (χ2v) is 4.33. The van der Waals surface area contributed by atoms with E-state index in [1.54, 1.807) is 6.20 Å². The third kappa shape index (κ3) is 3.45. The van der Waals surface area contributed by atoms with E-state index in [9.17, 15) is 0 Å². The zero-order valence-corrected chi connectivity index (χ0v) is 9.78. The van der Waals surface area contributed by atoms with Crippen LogP contribution in [0.1, 0.15) is 25.0 Å². The fraction of sp³-hybridized carbons (Fsp3) is 0.667. The highest BCUT2D eigenvalue weighted by Gasteiger charge is 2.12. The molecule has 0 amide bonds. The summed E-state index contributed by atoms with van der Waals surface area (Å²) in [7, 11) is 0. The average molecular weight is 221 g/mol. The summed E-state index contributed by atoms with van der Waals surface area (Å²) in [6.45, 7) is 4.95. The summed E-state index contributed by atoms with van der Waals surface area (Å²) in [4.78, 5) is 8.28. The van der Waals surface area contributed by atoms with Crippen molar-refractivity contribution in [3.05, 3.63) is 18.0 Å². The van der Waals surface area contributed by atoms with Gasteiger partial charge in [0.25, 0.3) is 0 Å². The number of hydrogen-bond acceptors (Lipinski definition) is 4. The molecule has 0 unspecified atom stereocenters. The lowest BCUT2D eigenvalue weighted by molar-refractivity contribution is 0.239. The molecule has 1 aliphatic heterocycles. The van der Waals surface area contributed by atoms with E-state index in [-0.39, 0.29) is 0 Å². The van der Waals surface area contributed by atoms with Crippen LogP contribution in [0.2, 0.25) is 0 Å². The van der Waals surface area contributed by atoms with Crippen molar-refractivity contribution in [2.45, 2.75) is 26.2 Å². The zero-order valence-electron chi connectivity index (χ0n) is 9.78. The van der Waals surface area contributed by atoms with Crippen molar-refractivity contribution in [3.8, 4) is 6.01 Å². The predicted octanol–water partition coefficient (Wildman–Crippen LogP) is 1.55. The fourth-order valence-electron chi connectivity index (χ4n) is 1.98. The molecule has 4 nitrogen and oxygen atoms in total. The Hall–Kier alpha value is -1.16. The molecular weight excluding hydrogens is 202 g/mol. The first kappa shape index (κ1) is 11.3. The van der Waals surface area contributed by atoms with Crippen molar-refractivity contribution in [3.63, 3.8) is 0 Å². The Kier molecular flexibility index (Phi) is 4.10. The third-order valence-corrected chi connectivity index (χ3v) is 2.93. The van der Waals surface area contributed by atoms with Crippen molar-refractivity contribution >= 4 is 0 Å². The Morgan fingerprint density at radius 3 is 3.25 bits per heavy atom. The van der Waals surface area contributed by atoms with Crippen LogP contribution >= 0.6 is 0 Å². The molecule has 1 aromatic rings. The molecule has 16 heavy (non-hydrogen) atoms. The highest BCUT2D eigenvalue weighted by atomic mass is 16.5. The number of piperidine rings is 1. The van der Waals surface area contributed by atoms with Gasteiger partial charge in [-0.1, -0.05) is 0 Å². The van der Waals surface area contributed by atoms with Crippen LogP contribution in [0.15, 0.2) is 12.3 Å². The second-order valence-electron chi connectivity index (χ2n) is 4.33. The zero-order chi connectivity index (χ0) is 11.2. The number of ether oxygens (including phenoxy) is 1. The molecule has 1 fully saturated rings. The van der Waals surface area contributed by atoms with Gasteiger partial charge < -0.3 is 10.1 Å². The molecule has 0 saturated carbocycles. The van der Waals surface area contributed by atoms with Crippen molar-refractivity contribution in [2.75, 3.05) is 19.7 Å². The first-order valence-corrected chi connectivity index (χ1v) is 5.98. The topological polar surface area (TPSA) is 47.0 Å². The SMILES string of the molecule is Cc1ccnc(OCC[C@H]2CCCNC2)n1. The van der Waals surface area contributed by atoms with Crippen LogP contribution < -0.4 is 10.1 Å². The summed E-state index contributed by atoms with van der Waals surface area (Å²) in [6, 6.07) is 2.38. The quantitative estimate of drug-likeness (QED) is 0.838. The minimum atomic E-state index is 0.503. The summed E-state index contributed by atoms with van der Waals surface area (Å²) >= 11 is 0. The highest BCUT2D eigenvalue weighted by molar-refractivity contribution is 5.02. The Morgan fingerprint density at radius 1 is 1.56 bits per heavy atom. The van der Waals surface area contributed by atoms with Crippen LogP contribution in [-0.4, -0.2) is 29.7 Å². The summed E-state index contributed by atoms with van der Waals surface area (Å²) in [5.41, 5.74) is 0.948. The van der Waals surface area contributed by atoms with Crippen LogP contribution in [0.3, 0.4) is 0 Å². The van der Waals surface area contributed by atoms with Crippen LogP contribution in [0, 0.1) is 12.8 Å². The molecule has 4 heteroatoms. The smallest absolute Gasteiger partial charge is 0.316 e. The maximum atomic E-state index is 5.54. The summed E-state index contributed by atoms with van der Waals surface area (Å²) < 4.78 is 5.54. The number of nitrogens with one attached hydrogen (secondary N) is 1. The van der Waals surface area contributed by atoms with E-state index in [4.69, 9.17) is 4.74 Å². The minimum absolute atomic E-state index is 0.503. The van der Waals surface area contributed by atoms with Gasteiger partial charge >= 0.3 is 6.01 Å². The lowest BCUT2D eigenvalue weighted by Crippen LogP contribution is -2.30. The Labute approximate surface area is 96.4 Å². The molecule has 0 bridgehead atoms. The fourth-order valence-corrected chi connectivity index (χ4v) is 1.98. The molecule has 0 radical (unpaired) electrons. The average Bonchev–Trinajstić information content (AvgIpc) is 2.30. The summed E-state index contributed by atoms with van der Waals surface area (Å²) in [6.07, 6.45) is 5.42. The van der Waals surface area contributed by atoms with Gasteiger partial charge in [0.2, 0.25) is 0 Å². The molecule has 1 aliphatic rings. The molecule has 1 atom stereocenters. The van der Waals surface area contributed by atoms with Crippen LogP contribution in [-0.2, 0) is 0 Å². The second kappa shape index (κ2) is 5.80. The summed E-state index contributed by atoms with van der Waals surface area (Å²) in [5, 5.41) is 3.41. The molecule has 88 valence electrons. The van der Waals surface area contributed by atoms with Gasteiger partial charge in [-0.2, -0.15) is 0 Å². The number of hydrogen-bond donors (Lipinski definition) is 1. The molecule has 1 aromatic heterocycles. The first-order valence-electron chi connectivity index (χ1n) is 5.98. The minimum Gasteiger partial charge on any atom is -0.463 e. The van der Waals surface area contributed by atoms with Crippen molar-refractivity contribution < 1.29 is 4.74 Å². The van der Waals surface area contributed by atoms with Gasteiger partial charge in [0.15, 0.2) is 0 Å². The number of aryl methyl sites for hydroxylation is 1. The summed E-state index contributed by atoms with van der Waals surface area (Å²) in [5.74, 6) is 0.749. The van der Waals surface area contributed by atoms with E-state index < -0.39 is 0 Å². The van der Waals surface area contributed by atoms with E-state index in [0.717, 1.165) is 31.2 Å². The van der Waals surface area contributed by atoms with Gasteiger partial charge in [0.05, 0.1) is 6.61 Å². The van der Waals surface area contributed by atoms with E-state index in [1.165, 1.54) is 19.4 Å². The van der Waals surface area contributed by atoms with Crippen molar-refractivity contribution in [1.29, 1.82) is 0 Å². The highest BCUT2D eigenvalue weighted by Crippen LogP contribution is 2.14. The molecule has 2 heterocycles. The van der Waals surface area contributed by atoms with Crippen LogP contribution in [0.4, 0.5) is 0 Å². The normalized spacial score (nSPS) is 20.7. The Balaban J connectivity index is 1.71. The standard InChI is InChI=1S/C12H19N3O/c1-10-4-7-14-12(15-10)16-8-5-11-3-2-6-13-9-11/h4,7,11,13H,2-3,5-6,8-9H2,1H3/t11-/m1/s1. The molecular formula is C12H19N3O. The lowest BCUT2D eigenvalue weighted by Gasteiger charge is -2.22. The lowest BCUT2D eigenvalue weighted by atomic mass is 9.97. The first-order chi connectivity index (χ1) is 7.84. The monoisotopic (exact) mass is 221 g/mol. The van der Waals surface area contributed by atoms with Crippen LogP contribution in [0.25, 0.3) is 0 Å². The number of nitrogens with zero attached hydrogens (tertiary/aromatic N) is 2. The maximum absolute atomic E-state index is 5.54. The van der Waals surface area contributed by atoms with Crippen molar-refractivity contribution in [2.24, 2.45) is 5.92 Å². The Bertz CT molecular complexity index is 324.